The number of benzene rings is 2. The average molecular weight is 613 g/mol. The molecule has 2 aliphatic heterocycles. The highest BCUT2D eigenvalue weighted by atomic mass is 19.1. The molecule has 1 aromatic heterocycles. The Morgan fingerprint density at radius 1 is 0.841 bits per heavy atom. The van der Waals surface area contributed by atoms with Crippen LogP contribution in [0.5, 0.6) is 23.0 Å². The van der Waals surface area contributed by atoms with Crippen molar-refractivity contribution in [3.8, 4) is 23.0 Å². The SMILES string of the molecule is COc1cc(Nc2ncc(OCc3c(F)c(OC)cc(OC)c3F)cn2)ccc1N1CCC(N2CCN(C(C)C)CC2)CC1. The molecule has 0 saturated carbocycles. The number of aromatic nitrogens is 2. The molecule has 0 amide bonds. The second-order valence-electron chi connectivity index (χ2n) is 11.3. The van der Waals surface area contributed by atoms with Crippen molar-refractivity contribution in [2.75, 3.05) is 70.8 Å². The van der Waals surface area contributed by atoms with Gasteiger partial charge in [0.05, 0.1) is 45.0 Å². The normalized spacial score (nSPS) is 16.7. The van der Waals surface area contributed by atoms with Gasteiger partial charge in [0, 0.05) is 69.2 Å². The molecule has 5 rings (SSSR count). The number of piperazine rings is 1. The third kappa shape index (κ3) is 7.07. The smallest absolute Gasteiger partial charge is 0.227 e. The number of ether oxygens (including phenoxy) is 4. The quantitative estimate of drug-likeness (QED) is 0.316. The van der Waals surface area contributed by atoms with Crippen LogP contribution in [-0.4, -0.2) is 92.4 Å². The zero-order valence-electron chi connectivity index (χ0n) is 26.1. The molecule has 2 aliphatic rings. The largest absolute Gasteiger partial charge is 0.495 e. The molecular formula is C32H42F2N6O4. The molecule has 2 aromatic carbocycles. The maximum atomic E-state index is 14.6. The van der Waals surface area contributed by atoms with Crippen LogP contribution in [0.1, 0.15) is 32.3 Å². The second-order valence-corrected chi connectivity index (χ2v) is 11.3. The minimum Gasteiger partial charge on any atom is -0.495 e. The third-order valence-electron chi connectivity index (χ3n) is 8.51. The Kier molecular flexibility index (Phi) is 10.2. The van der Waals surface area contributed by atoms with Crippen molar-refractivity contribution in [1.29, 1.82) is 0 Å². The summed E-state index contributed by atoms with van der Waals surface area (Å²) in [7, 11) is 4.26. The van der Waals surface area contributed by atoms with Crippen LogP contribution in [-0.2, 0) is 6.61 Å². The fourth-order valence-electron chi connectivity index (χ4n) is 5.91. The molecule has 2 saturated heterocycles. The van der Waals surface area contributed by atoms with E-state index in [9.17, 15) is 8.78 Å². The van der Waals surface area contributed by atoms with Crippen LogP contribution < -0.4 is 29.2 Å². The van der Waals surface area contributed by atoms with Gasteiger partial charge in [-0.2, -0.15) is 0 Å². The Labute approximate surface area is 257 Å². The molecule has 0 spiro atoms. The third-order valence-corrected chi connectivity index (χ3v) is 8.51. The van der Waals surface area contributed by atoms with Crippen molar-refractivity contribution >= 4 is 17.3 Å². The Morgan fingerprint density at radius 2 is 1.45 bits per heavy atom. The van der Waals surface area contributed by atoms with E-state index in [1.165, 1.54) is 26.6 Å². The monoisotopic (exact) mass is 612 g/mol. The highest BCUT2D eigenvalue weighted by Gasteiger charge is 2.29. The van der Waals surface area contributed by atoms with Gasteiger partial charge in [-0.15, -0.1) is 0 Å². The highest BCUT2D eigenvalue weighted by molar-refractivity contribution is 5.67. The van der Waals surface area contributed by atoms with Crippen LogP contribution in [0.25, 0.3) is 0 Å². The predicted octanol–water partition coefficient (Wildman–Crippen LogP) is 5.10. The molecule has 3 heterocycles. The lowest BCUT2D eigenvalue weighted by molar-refractivity contribution is 0.0692. The first-order chi connectivity index (χ1) is 21.3. The van der Waals surface area contributed by atoms with Crippen LogP contribution in [0.3, 0.4) is 0 Å². The van der Waals surface area contributed by atoms with E-state index in [1.807, 2.05) is 12.1 Å². The van der Waals surface area contributed by atoms with Crippen molar-refractivity contribution in [2.45, 2.75) is 45.4 Å². The van der Waals surface area contributed by atoms with Gasteiger partial charge in [-0.3, -0.25) is 9.80 Å². The van der Waals surface area contributed by atoms with Crippen molar-refractivity contribution in [2.24, 2.45) is 0 Å². The average Bonchev–Trinajstić information content (AvgIpc) is 3.05. The Morgan fingerprint density at radius 3 is 2.02 bits per heavy atom. The highest BCUT2D eigenvalue weighted by Crippen LogP contribution is 2.35. The van der Waals surface area contributed by atoms with Gasteiger partial charge >= 0.3 is 0 Å². The van der Waals surface area contributed by atoms with E-state index in [4.69, 9.17) is 18.9 Å². The van der Waals surface area contributed by atoms with Gasteiger partial charge in [-0.05, 0) is 38.8 Å². The standard InChI is InChI=1S/C32H42F2N6O4/c1-21(2)38-12-14-39(15-13-38)23-8-10-40(11-9-23)26-7-6-22(16-27(26)41-3)37-32-35-18-24(19-36-32)44-20-25-30(33)28(42-4)17-29(43-5)31(25)34/h6-7,16-19,21,23H,8-15,20H2,1-5H3,(H,35,36,37). The number of hydrogen-bond donors (Lipinski definition) is 1. The van der Waals surface area contributed by atoms with Crippen molar-refractivity contribution in [3.05, 3.63) is 53.9 Å². The van der Waals surface area contributed by atoms with Crippen LogP contribution in [0.2, 0.25) is 0 Å². The van der Waals surface area contributed by atoms with Gasteiger partial charge < -0.3 is 29.2 Å². The van der Waals surface area contributed by atoms with Gasteiger partial charge in [-0.25, -0.2) is 18.7 Å². The lowest BCUT2D eigenvalue weighted by atomic mass is 10.0. The first-order valence-corrected chi connectivity index (χ1v) is 15.0. The summed E-state index contributed by atoms with van der Waals surface area (Å²) < 4.78 is 50.6. The minimum atomic E-state index is -0.855. The lowest BCUT2D eigenvalue weighted by Gasteiger charge is -2.44. The molecule has 0 radical (unpaired) electrons. The van der Waals surface area contributed by atoms with E-state index >= 15 is 0 Å². The Balaban J connectivity index is 1.16. The van der Waals surface area contributed by atoms with Gasteiger partial charge in [0.25, 0.3) is 0 Å². The summed E-state index contributed by atoms with van der Waals surface area (Å²) in [6.45, 7) is 10.7. The van der Waals surface area contributed by atoms with Gasteiger partial charge in [0.15, 0.2) is 28.9 Å². The molecule has 1 N–H and O–H groups in total. The molecule has 2 fully saturated rings. The second kappa shape index (κ2) is 14.3. The summed E-state index contributed by atoms with van der Waals surface area (Å²) in [5.41, 5.74) is 1.52. The Hall–Kier alpha value is -3.90. The lowest BCUT2D eigenvalue weighted by Crippen LogP contribution is -2.54. The number of halogens is 2. The number of piperidine rings is 1. The predicted molar refractivity (Wildman–Crippen MR) is 166 cm³/mol. The van der Waals surface area contributed by atoms with Crippen LogP contribution in [0.4, 0.5) is 26.1 Å². The summed E-state index contributed by atoms with van der Waals surface area (Å²) in [4.78, 5) is 16.2. The fraction of sp³-hybridized carbons (Fsp3) is 0.500. The molecule has 10 nitrogen and oxygen atoms in total. The number of nitrogens with zero attached hydrogens (tertiary/aromatic N) is 5. The maximum absolute atomic E-state index is 14.6. The summed E-state index contributed by atoms with van der Waals surface area (Å²) in [5.74, 6) is -0.630. The summed E-state index contributed by atoms with van der Waals surface area (Å²) >= 11 is 0. The van der Waals surface area contributed by atoms with Gasteiger partial charge in [-0.1, -0.05) is 0 Å². The van der Waals surface area contributed by atoms with Crippen LogP contribution in [0, 0.1) is 11.6 Å². The Bertz CT molecular complexity index is 1370. The molecule has 0 bridgehead atoms. The van der Waals surface area contributed by atoms with Crippen molar-refractivity contribution < 1.29 is 27.7 Å². The number of anilines is 3. The van der Waals surface area contributed by atoms with E-state index in [0.29, 0.717) is 18.0 Å². The molecule has 44 heavy (non-hydrogen) atoms. The van der Waals surface area contributed by atoms with E-state index in [1.54, 1.807) is 7.11 Å². The number of nitrogens with one attached hydrogen (secondary N) is 1. The molecule has 0 aliphatic carbocycles. The molecule has 0 unspecified atom stereocenters. The molecule has 238 valence electrons. The van der Waals surface area contributed by atoms with E-state index in [0.717, 1.165) is 75.3 Å². The van der Waals surface area contributed by atoms with Gasteiger partial charge in [0.2, 0.25) is 5.95 Å². The molecule has 0 atom stereocenters. The van der Waals surface area contributed by atoms with Crippen molar-refractivity contribution in [1.82, 2.24) is 19.8 Å². The number of methoxy groups -OCH3 is 3. The fourth-order valence-corrected chi connectivity index (χ4v) is 5.91. The van der Waals surface area contributed by atoms with E-state index < -0.39 is 18.2 Å². The van der Waals surface area contributed by atoms with Crippen LogP contribution >= 0.6 is 0 Å². The topological polar surface area (TPSA) is 84.4 Å². The molecule has 12 heteroatoms. The zero-order chi connectivity index (χ0) is 31.2. The van der Waals surface area contributed by atoms with Crippen LogP contribution in [0.15, 0.2) is 36.7 Å². The minimum absolute atomic E-state index is 0.139. The molecular weight excluding hydrogens is 570 g/mol. The van der Waals surface area contributed by atoms with E-state index in [2.05, 4.69) is 49.9 Å². The summed E-state index contributed by atoms with van der Waals surface area (Å²) in [5, 5.41) is 3.18. The summed E-state index contributed by atoms with van der Waals surface area (Å²) in [6, 6.07) is 8.37. The van der Waals surface area contributed by atoms with E-state index in [-0.39, 0.29) is 22.8 Å². The van der Waals surface area contributed by atoms with Crippen molar-refractivity contribution in [3.63, 3.8) is 0 Å². The number of hydrogen-bond acceptors (Lipinski definition) is 10. The van der Waals surface area contributed by atoms with Gasteiger partial charge in [0.1, 0.15) is 12.4 Å². The molecule has 3 aromatic rings. The number of rotatable bonds is 11. The summed E-state index contributed by atoms with van der Waals surface area (Å²) in [6.07, 6.45) is 5.14. The maximum Gasteiger partial charge on any atom is 0.227 e. The zero-order valence-corrected chi connectivity index (χ0v) is 26.1. The first kappa shape index (κ1) is 31.5. The first-order valence-electron chi connectivity index (χ1n) is 15.0.